The van der Waals surface area contributed by atoms with E-state index in [1.165, 1.54) is 6.07 Å². The maximum Gasteiger partial charge on any atom is 0.271 e. The SMILES string of the molecule is CC1(C2CCCC2)NC(=O)c2ccc(Cl)c(=O)n21. The molecule has 1 atom stereocenters. The number of rotatable bonds is 1. The highest BCUT2D eigenvalue weighted by molar-refractivity contribution is 6.30. The van der Waals surface area contributed by atoms with E-state index in [1.807, 2.05) is 6.92 Å². The van der Waals surface area contributed by atoms with Crippen LogP contribution in [0.1, 0.15) is 43.1 Å². The lowest BCUT2D eigenvalue weighted by Crippen LogP contribution is -2.49. The summed E-state index contributed by atoms with van der Waals surface area (Å²) in [6.07, 6.45) is 4.38. The van der Waals surface area contributed by atoms with Crippen LogP contribution < -0.4 is 10.9 Å². The van der Waals surface area contributed by atoms with Gasteiger partial charge in [0, 0.05) is 5.92 Å². The molecule has 1 N–H and O–H groups in total. The molecule has 0 aromatic carbocycles. The van der Waals surface area contributed by atoms with Crippen molar-refractivity contribution in [2.45, 2.75) is 38.3 Å². The lowest BCUT2D eigenvalue weighted by atomic mass is 9.92. The molecule has 1 aliphatic heterocycles. The summed E-state index contributed by atoms with van der Waals surface area (Å²) in [5.74, 6) is 0.122. The number of aromatic nitrogens is 1. The number of amides is 1. The summed E-state index contributed by atoms with van der Waals surface area (Å²) in [4.78, 5) is 24.2. The second-order valence-corrected chi connectivity index (χ2v) is 5.70. The first-order valence-corrected chi connectivity index (χ1v) is 6.66. The molecule has 2 heterocycles. The Balaban J connectivity index is 2.20. The number of carbonyl (C=O) groups excluding carboxylic acids is 1. The molecule has 0 saturated heterocycles. The van der Waals surface area contributed by atoms with Gasteiger partial charge in [-0.05, 0) is 31.9 Å². The van der Waals surface area contributed by atoms with E-state index in [9.17, 15) is 9.59 Å². The topological polar surface area (TPSA) is 51.1 Å². The number of halogens is 1. The van der Waals surface area contributed by atoms with Crippen molar-refractivity contribution in [2.24, 2.45) is 5.92 Å². The Bertz CT molecular complexity index is 575. The standard InChI is InChI=1S/C13H15ClN2O2/c1-13(8-4-2-3-5-8)15-11(17)10-7-6-9(14)12(18)16(10)13/h6-8H,2-5H2,1H3,(H,15,17). The first kappa shape index (κ1) is 11.8. The molecule has 4 nitrogen and oxygen atoms in total. The molecule has 5 heteroatoms. The highest BCUT2D eigenvalue weighted by Gasteiger charge is 2.46. The summed E-state index contributed by atoms with van der Waals surface area (Å²) in [5.41, 5.74) is -0.481. The van der Waals surface area contributed by atoms with Crippen LogP contribution in [0.3, 0.4) is 0 Å². The summed E-state index contributed by atoms with van der Waals surface area (Å²) in [6, 6.07) is 3.12. The molecule has 1 aromatic heterocycles. The molecule has 1 fully saturated rings. The minimum atomic E-state index is -0.620. The number of hydrogen-bond donors (Lipinski definition) is 1. The zero-order valence-corrected chi connectivity index (χ0v) is 11.0. The third-order valence-electron chi connectivity index (χ3n) is 4.25. The fraction of sp³-hybridized carbons (Fsp3) is 0.538. The Kier molecular flexibility index (Phi) is 2.52. The molecule has 96 valence electrons. The number of pyridine rings is 1. The Hall–Kier alpha value is -1.29. The van der Waals surface area contributed by atoms with Gasteiger partial charge in [-0.15, -0.1) is 0 Å². The van der Waals surface area contributed by atoms with E-state index in [0.29, 0.717) is 11.6 Å². The molecule has 1 unspecified atom stereocenters. The highest BCUT2D eigenvalue weighted by Crippen LogP contribution is 2.39. The van der Waals surface area contributed by atoms with Crippen LogP contribution in [0.15, 0.2) is 16.9 Å². The van der Waals surface area contributed by atoms with Gasteiger partial charge >= 0.3 is 0 Å². The Labute approximate surface area is 110 Å². The summed E-state index contributed by atoms with van der Waals surface area (Å²) >= 11 is 5.90. The fourth-order valence-electron chi connectivity index (χ4n) is 3.27. The predicted octanol–water partition coefficient (Wildman–Crippen LogP) is 2.11. The number of fused-ring (bicyclic) bond motifs is 1. The van der Waals surface area contributed by atoms with Crippen LogP contribution in [0.2, 0.25) is 5.02 Å². The van der Waals surface area contributed by atoms with Gasteiger partial charge in [-0.1, -0.05) is 24.4 Å². The van der Waals surface area contributed by atoms with Crippen molar-refractivity contribution >= 4 is 17.5 Å². The van der Waals surface area contributed by atoms with Crippen molar-refractivity contribution in [1.29, 1.82) is 0 Å². The van der Waals surface area contributed by atoms with Crippen LogP contribution in [-0.2, 0) is 5.66 Å². The van der Waals surface area contributed by atoms with Crippen LogP contribution in [0.4, 0.5) is 0 Å². The molecule has 2 aliphatic rings. The lowest BCUT2D eigenvalue weighted by Gasteiger charge is -2.33. The Morgan fingerprint density at radius 1 is 1.33 bits per heavy atom. The van der Waals surface area contributed by atoms with Crippen molar-refractivity contribution in [3.05, 3.63) is 33.2 Å². The zero-order valence-electron chi connectivity index (χ0n) is 10.2. The van der Waals surface area contributed by atoms with E-state index in [-0.39, 0.29) is 16.5 Å². The van der Waals surface area contributed by atoms with E-state index < -0.39 is 5.66 Å². The molecule has 1 saturated carbocycles. The number of carbonyl (C=O) groups is 1. The highest BCUT2D eigenvalue weighted by atomic mass is 35.5. The van der Waals surface area contributed by atoms with Gasteiger partial charge in [0.05, 0.1) is 0 Å². The maximum atomic E-state index is 12.2. The van der Waals surface area contributed by atoms with Gasteiger partial charge in [0.15, 0.2) is 0 Å². The van der Waals surface area contributed by atoms with Gasteiger partial charge in [0.1, 0.15) is 16.4 Å². The summed E-state index contributed by atoms with van der Waals surface area (Å²) in [6.45, 7) is 1.93. The van der Waals surface area contributed by atoms with Crippen LogP contribution in [0, 0.1) is 5.92 Å². The number of hydrogen-bond acceptors (Lipinski definition) is 2. The number of nitrogens with zero attached hydrogens (tertiary/aromatic N) is 1. The molecule has 0 spiro atoms. The van der Waals surface area contributed by atoms with Gasteiger partial charge in [-0.2, -0.15) is 0 Å². The quantitative estimate of drug-likeness (QED) is 0.846. The monoisotopic (exact) mass is 266 g/mol. The van der Waals surface area contributed by atoms with E-state index in [0.717, 1.165) is 25.7 Å². The molecular formula is C13H15ClN2O2. The average Bonchev–Trinajstić information content (AvgIpc) is 2.92. The third-order valence-corrected chi connectivity index (χ3v) is 4.54. The Morgan fingerprint density at radius 3 is 2.67 bits per heavy atom. The summed E-state index contributed by atoms with van der Waals surface area (Å²) in [7, 11) is 0. The van der Waals surface area contributed by atoms with Crippen LogP contribution in [0.25, 0.3) is 0 Å². The minimum Gasteiger partial charge on any atom is -0.327 e. The van der Waals surface area contributed by atoms with E-state index in [2.05, 4.69) is 5.32 Å². The van der Waals surface area contributed by atoms with E-state index in [4.69, 9.17) is 11.6 Å². The molecule has 3 rings (SSSR count). The van der Waals surface area contributed by atoms with Gasteiger partial charge < -0.3 is 5.32 Å². The first-order chi connectivity index (χ1) is 8.54. The van der Waals surface area contributed by atoms with Crippen molar-refractivity contribution < 1.29 is 4.79 Å². The molecule has 1 aliphatic carbocycles. The minimum absolute atomic E-state index is 0.166. The van der Waals surface area contributed by atoms with E-state index >= 15 is 0 Å². The van der Waals surface area contributed by atoms with Crippen molar-refractivity contribution in [3.63, 3.8) is 0 Å². The van der Waals surface area contributed by atoms with Gasteiger partial charge in [0.25, 0.3) is 11.5 Å². The fourth-order valence-corrected chi connectivity index (χ4v) is 3.42. The maximum absolute atomic E-state index is 12.2. The Morgan fingerprint density at radius 2 is 2.00 bits per heavy atom. The number of nitrogens with one attached hydrogen (secondary N) is 1. The van der Waals surface area contributed by atoms with Crippen molar-refractivity contribution in [3.8, 4) is 0 Å². The van der Waals surface area contributed by atoms with Crippen LogP contribution in [0.5, 0.6) is 0 Å². The van der Waals surface area contributed by atoms with Gasteiger partial charge in [-0.25, -0.2) is 0 Å². The van der Waals surface area contributed by atoms with Crippen molar-refractivity contribution in [1.82, 2.24) is 9.88 Å². The second-order valence-electron chi connectivity index (χ2n) is 5.29. The summed E-state index contributed by atoms with van der Waals surface area (Å²) < 4.78 is 1.55. The van der Waals surface area contributed by atoms with Crippen molar-refractivity contribution in [2.75, 3.05) is 0 Å². The van der Waals surface area contributed by atoms with Gasteiger partial charge in [0.2, 0.25) is 0 Å². The van der Waals surface area contributed by atoms with E-state index in [1.54, 1.807) is 10.6 Å². The molecule has 1 aromatic rings. The molecule has 1 amide bonds. The molecule has 0 radical (unpaired) electrons. The summed E-state index contributed by atoms with van der Waals surface area (Å²) in [5, 5.41) is 3.14. The largest absolute Gasteiger partial charge is 0.327 e. The van der Waals surface area contributed by atoms with Crippen LogP contribution >= 0.6 is 11.6 Å². The van der Waals surface area contributed by atoms with Gasteiger partial charge in [-0.3, -0.25) is 14.2 Å². The molecule has 0 bridgehead atoms. The first-order valence-electron chi connectivity index (χ1n) is 6.28. The smallest absolute Gasteiger partial charge is 0.271 e. The molecule has 18 heavy (non-hydrogen) atoms. The lowest BCUT2D eigenvalue weighted by molar-refractivity contribution is 0.0874. The molecular weight excluding hydrogens is 252 g/mol. The third kappa shape index (κ3) is 1.45. The zero-order chi connectivity index (χ0) is 12.9. The normalized spacial score (nSPS) is 27.3. The second kappa shape index (κ2) is 3.85. The average molecular weight is 267 g/mol. The van der Waals surface area contributed by atoms with Crippen LogP contribution in [-0.4, -0.2) is 10.5 Å². The predicted molar refractivity (Wildman–Crippen MR) is 68.8 cm³/mol.